The van der Waals surface area contributed by atoms with E-state index >= 15 is 0 Å². The van der Waals surface area contributed by atoms with Gasteiger partial charge >= 0.3 is 0 Å². The SMILES string of the molecule is C=C(Nc1ccc(Cl)cc1)n1nc(C)c(C)c1C. The number of aromatic nitrogens is 2. The van der Waals surface area contributed by atoms with Crippen molar-refractivity contribution in [1.82, 2.24) is 9.78 Å². The second kappa shape index (κ2) is 4.86. The van der Waals surface area contributed by atoms with Crippen molar-refractivity contribution in [2.24, 2.45) is 0 Å². The molecule has 94 valence electrons. The molecule has 0 unspecified atom stereocenters. The molecule has 1 aromatic heterocycles. The molecule has 0 saturated heterocycles. The molecule has 0 radical (unpaired) electrons. The van der Waals surface area contributed by atoms with Gasteiger partial charge in [-0.15, -0.1) is 0 Å². The lowest BCUT2D eigenvalue weighted by Crippen LogP contribution is -2.08. The number of nitrogens with zero attached hydrogens (tertiary/aromatic N) is 2. The molecule has 0 saturated carbocycles. The summed E-state index contributed by atoms with van der Waals surface area (Å²) < 4.78 is 1.82. The first kappa shape index (κ1) is 12.7. The molecule has 0 aliphatic rings. The van der Waals surface area contributed by atoms with E-state index in [-0.39, 0.29) is 0 Å². The quantitative estimate of drug-likeness (QED) is 0.905. The van der Waals surface area contributed by atoms with Crippen LogP contribution in [-0.2, 0) is 0 Å². The second-order valence-electron chi connectivity index (χ2n) is 4.29. The second-order valence-corrected chi connectivity index (χ2v) is 4.72. The lowest BCUT2D eigenvalue weighted by molar-refractivity contribution is 0.851. The number of anilines is 1. The smallest absolute Gasteiger partial charge is 0.124 e. The van der Waals surface area contributed by atoms with E-state index < -0.39 is 0 Å². The zero-order valence-corrected chi connectivity index (χ0v) is 11.5. The van der Waals surface area contributed by atoms with Gasteiger partial charge in [0, 0.05) is 16.4 Å². The highest BCUT2D eigenvalue weighted by Crippen LogP contribution is 2.19. The van der Waals surface area contributed by atoms with Crippen LogP contribution in [0.25, 0.3) is 5.82 Å². The summed E-state index contributed by atoms with van der Waals surface area (Å²) in [7, 11) is 0. The van der Waals surface area contributed by atoms with Crippen LogP contribution in [0.1, 0.15) is 17.0 Å². The Kier molecular flexibility index (Phi) is 3.43. The highest BCUT2D eigenvalue weighted by atomic mass is 35.5. The Morgan fingerprint density at radius 2 is 1.83 bits per heavy atom. The minimum absolute atomic E-state index is 0.716. The number of benzene rings is 1. The van der Waals surface area contributed by atoms with Crippen molar-refractivity contribution >= 4 is 23.1 Å². The summed E-state index contributed by atoms with van der Waals surface area (Å²) in [5, 5.41) is 8.38. The van der Waals surface area contributed by atoms with Crippen LogP contribution in [0.4, 0.5) is 5.69 Å². The molecule has 2 aromatic rings. The summed E-state index contributed by atoms with van der Waals surface area (Å²) in [5.41, 5.74) is 4.24. The summed E-state index contributed by atoms with van der Waals surface area (Å²) in [6.45, 7) is 10.1. The van der Waals surface area contributed by atoms with Gasteiger partial charge in [-0.3, -0.25) is 0 Å². The predicted octanol–water partition coefficient (Wildman–Crippen LogP) is 4.00. The first-order chi connectivity index (χ1) is 8.49. The number of halogens is 1. The molecular weight excluding hydrogens is 246 g/mol. The minimum atomic E-state index is 0.716. The largest absolute Gasteiger partial charge is 0.341 e. The number of rotatable bonds is 3. The number of nitrogens with one attached hydrogen (secondary N) is 1. The van der Waals surface area contributed by atoms with E-state index in [4.69, 9.17) is 11.6 Å². The van der Waals surface area contributed by atoms with Crippen LogP contribution >= 0.6 is 11.6 Å². The molecule has 18 heavy (non-hydrogen) atoms. The fourth-order valence-electron chi connectivity index (χ4n) is 1.74. The summed E-state index contributed by atoms with van der Waals surface area (Å²) in [5.74, 6) is 0.728. The Bertz CT molecular complexity index is 582. The standard InChI is InChI=1S/C14H16ClN3/c1-9-10(2)17-18(11(9)3)12(4)16-14-7-5-13(15)6-8-14/h5-8,16H,4H2,1-3H3. The van der Waals surface area contributed by atoms with Crippen LogP contribution in [0.5, 0.6) is 0 Å². The van der Waals surface area contributed by atoms with E-state index in [0.29, 0.717) is 5.02 Å². The maximum absolute atomic E-state index is 5.85. The Morgan fingerprint density at radius 3 is 2.33 bits per heavy atom. The van der Waals surface area contributed by atoms with Crippen molar-refractivity contribution in [2.45, 2.75) is 20.8 Å². The van der Waals surface area contributed by atoms with E-state index in [0.717, 1.165) is 22.9 Å². The predicted molar refractivity (Wildman–Crippen MR) is 76.8 cm³/mol. The third-order valence-electron chi connectivity index (χ3n) is 3.04. The summed E-state index contributed by atoms with van der Waals surface area (Å²) in [4.78, 5) is 0. The van der Waals surface area contributed by atoms with Crippen molar-refractivity contribution in [1.29, 1.82) is 0 Å². The van der Waals surface area contributed by atoms with Gasteiger partial charge in [0.25, 0.3) is 0 Å². The Morgan fingerprint density at radius 1 is 1.22 bits per heavy atom. The molecule has 1 N–H and O–H groups in total. The fraction of sp³-hybridized carbons (Fsp3) is 0.214. The topological polar surface area (TPSA) is 29.9 Å². The van der Waals surface area contributed by atoms with Gasteiger partial charge in [-0.1, -0.05) is 18.2 Å². The number of aryl methyl sites for hydroxylation is 1. The van der Waals surface area contributed by atoms with Gasteiger partial charge in [0.05, 0.1) is 5.69 Å². The zero-order chi connectivity index (χ0) is 13.3. The van der Waals surface area contributed by atoms with Crippen molar-refractivity contribution in [3.05, 3.63) is 52.8 Å². The van der Waals surface area contributed by atoms with Gasteiger partial charge in [-0.25, -0.2) is 4.68 Å². The first-order valence-electron chi connectivity index (χ1n) is 5.73. The molecule has 0 fully saturated rings. The summed E-state index contributed by atoms with van der Waals surface area (Å²) in [6.07, 6.45) is 0. The van der Waals surface area contributed by atoms with Gasteiger partial charge in [-0.05, 0) is 50.6 Å². The van der Waals surface area contributed by atoms with Crippen LogP contribution < -0.4 is 5.32 Å². The lowest BCUT2D eigenvalue weighted by atomic mass is 10.2. The maximum atomic E-state index is 5.85. The van der Waals surface area contributed by atoms with Gasteiger partial charge in [-0.2, -0.15) is 5.10 Å². The average Bonchev–Trinajstić information content (AvgIpc) is 2.60. The maximum Gasteiger partial charge on any atom is 0.124 e. The molecule has 2 rings (SSSR count). The van der Waals surface area contributed by atoms with Gasteiger partial charge < -0.3 is 5.32 Å². The molecule has 1 heterocycles. The van der Waals surface area contributed by atoms with E-state index in [9.17, 15) is 0 Å². The summed E-state index contributed by atoms with van der Waals surface area (Å²) >= 11 is 5.85. The fourth-order valence-corrected chi connectivity index (χ4v) is 1.86. The lowest BCUT2D eigenvalue weighted by Gasteiger charge is -2.11. The highest BCUT2D eigenvalue weighted by Gasteiger charge is 2.09. The van der Waals surface area contributed by atoms with E-state index in [1.165, 1.54) is 5.56 Å². The van der Waals surface area contributed by atoms with Crippen LogP contribution in [0.2, 0.25) is 5.02 Å². The van der Waals surface area contributed by atoms with Crippen molar-refractivity contribution < 1.29 is 0 Å². The molecule has 1 aromatic carbocycles. The van der Waals surface area contributed by atoms with Gasteiger partial charge in [0.1, 0.15) is 5.82 Å². The Hall–Kier alpha value is -1.74. The normalized spacial score (nSPS) is 10.4. The molecular formula is C14H16ClN3. The number of hydrogen-bond acceptors (Lipinski definition) is 2. The average molecular weight is 262 g/mol. The van der Waals surface area contributed by atoms with Crippen LogP contribution in [0.3, 0.4) is 0 Å². The van der Waals surface area contributed by atoms with Crippen molar-refractivity contribution in [3.8, 4) is 0 Å². The van der Waals surface area contributed by atoms with Crippen LogP contribution in [0, 0.1) is 20.8 Å². The molecule has 0 atom stereocenters. The van der Waals surface area contributed by atoms with Crippen molar-refractivity contribution in [3.63, 3.8) is 0 Å². The molecule has 0 aliphatic heterocycles. The van der Waals surface area contributed by atoms with E-state index in [1.54, 1.807) is 0 Å². The molecule has 0 amide bonds. The summed E-state index contributed by atoms with van der Waals surface area (Å²) in [6, 6.07) is 7.49. The molecule has 0 spiro atoms. The Labute approximate surface area is 112 Å². The monoisotopic (exact) mass is 261 g/mol. The van der Waals surface area contributed by atoms with Gasteiger partial charge in [0.2, 0.25) is 0 Å². The van der Waals surface area contributed by atoms with E-state index in [2.05, 4.69) is 23.9 Å². The van der Waals surface area contributed by atoms with Gasteiger partial charge in [0.15, 0.2) is 0 Å². The minimum Gasteiger partial charge on any atom is -0.341 e. The van der Waals surface area contributed by atoms with Crippen LogP contribution in [0.15, 0.2) is 30.8 Å². The third kappa shape index (κ3) is 2.41. The molecule has 0 aliphatic carbocycles. The van der Waals surface area contributed by atoms with E-state index in [1.807, 2.05) is 42.8 Å². The number of hydrogen-bond donors (Lipinski definition) is 1. The zero-order valence-electron chi connectivity index (χ0n) is 10.8. The third-order valence-corrected chi connectivity index (χ3v) is 3.29. The highest BCUT2D eigenvalue weighted by molar-refractivity contribution is 6.30. The Balaban J connectivity index is 2.22. The van der Waals surface area contributed by atoms with Crippen molar-refractivity contribution in [2.75, 3.05) is 5.32 Å². The van der Waals surface area contributed by atoms with Crippen LogP contribution in [-0.4, -0.2) is 9.78 Å². The first-order valence-corrected chi connectivity index (χ1v) is 6.11. The molecule has 0 bridgehead atoms. The molecule has 4 heteroatoms. The molecule has 3 nitrogen and oxygen atoms in total.